The topological polar surface area (TPSA) is 105 Å². The van der Waals surface area contributed by atoms with Crippen LogP contribution in [0.5, 0.6) is 11.5 Å². The molecule has 0 radical (unpaired) electrons. The van der Waals surface area contributed by atoms with Crippen LogP contribution in [0.1, 0.15) is 0 Å². The van der Waals surface area contributed by atoms with Crippen LogP contribution in [0.3, 0.4) is 0 Å². The Hall–Kier alpha value is -4.68. The van der Waals surface area contributed by atoms with Gasteiger partial charge in [-0.05, 0) is 0 Å². The molecule has 0 aliphatic heterocycles. The van der Waals surface area contributed by atoms with E-state index in [1.165, 1.54) is 24.3 Å². The first-order chi connectivity index (χ1) is 18.9. The molecular weight excluding hydrogens is 606 g/mol. The van der Waals surface area contributed by atoms with E-state index in [2.05, 4.69) is 0 Å². The zero-order valence-corrected chi connectivity index (χ0v) is 23.1. The Labute approximate surface area is 226 Å². The summed E-state index contributed by atoms with van der Waals surface area (Å²) in [6.07, 6.45) is 0. The number of hydrogen-bond acceptors (Lipinski definition) is 6. The number of nitrogens with zero attached hydrogens (tertiary/aromatic N) is 2. The summed E-state index contributed by atoms with van der Waals surface area (Å²) in [4.78, 5) is 21.8. The molecule has 0 saturated carbocycles. The zero-order valence-electron chi connectivity index (χ0n) is 20.6. The predicted octanol–water partition coefficient (Wildman–Crippen LogP) is 5.08. The van der Waals surface area contributed by atoms with Crippen LogP contribution in [0.4, 0.5) is 11.4 Å². The van der Waals surface area contributed by atoms with Crippen LogP contribution in [0, 0.1) is 20.2 Å². The SMILES string of the molecule is O=[N+]([O-])c1ccc([O][Sb]([O]c2ccc([N+](=O)[O-])cc2)([c]2ccccc2)([c]2ccccc2)[c]2ccccc2)cc1. The van der Waals surface area contributed by atoms with Crippen molar-refractivity contribution in [2.75, 3.05) is 0 Å². The third-order valence-corrected chi connectivity index (χ3v) is 20.1. The van der Waals surface area contributed by atoms with E-state index < -0.39 is 28.1 Å². The summed E-state index contributed by atoms with van der Waals surface area (Å²) in [6, 6.07) is 40.7. The number of nitro groups is 2. The predicted molar refractivity (Wildman–Crippen MR) is 151 cm³/mol. The summed E-state index contributed by atoms with van der Waals surface area (Å²) in [7, 11) is 0. The maximum atomic E-state index is 11.3. The number of nitro benzene ring substituents is 2. The normalized spacial score (nSPS) is 12.1. The molecule has 0 spiro atoms. The van der Waals surface area contributed by atoms with Crippen molar-refractivity contribution in [2.45, 2.75) is 0 Å². The molecule has 0 aliphatic carbocycles. The summed E-state index contributed by atoms with van der Waals surface area (Å²) < 4.78 is 16.8. The Bertz CT molecular complexity index is 1430. The van der Waals surface area contributed by atoms with Gasteiger partial charge in [0.1, 0.15) is 0 Å². The van der Waals surface area contributed by atoms with Crippen molar-refractivity contribution >= 4 is 40.1 Å². The molecule has 0 atom stereocenters. The van der Waals surface area contributed by atoms with E-state index in [0.29, 0.717) is 11.5 Å². The molecular formula is C30H23N2O6Sb. The van der Waals surface area contributed by atoms with Gasteiger partial charge >= 0.3 is 227 Å². The average Bonchev–Trinajstić information content (AvgIpc) is 2.99. The first kappa shape index (κ1) is 25.9. The molecule has 5 aromatic rings. The van der Waals surface area contributed by atoms with Crippen LogP contribution in [0.15, 0.2) is 140 Å². The second-order valence-corrected chi connectivity index (χ2v) is 19.6. The minimum atomic E-state index is -5.61. The standard InChI is InChI=1S/2C6H5NO3.3C6H5.Sb/c2*8-6-3-1-5(2-4-6)7(9)10;3*1-2-4-6-5-3-1;/h2*1-4,8H;3*1-5H;/q;;;;;+2/p-2. The van der Waals surface area contributed by atoms with Crippen molar-refractivity contribution in [2.24, 2.45) is 0 Å². The fraction of sp³-hybridized carbons (Fsp3) is 0. The Morgan fingerprint density at radius 2 is 0.718 bits per heavy atom. The van der Waals surface area contributed by atoms with E-state index in [1.807, 2.05) is 91.0 Å². The van der Waals surface area contributed by atoms with Crippen molar-refractivity contribution in [3.05, 3.63) is 160 Å². The van der Waals surface area contributed by atoms with Crippen molar-refractivity contribution in [1.82, 2.24) is 0 Å². The molecule has 8 nitrogen and oxygen atoms in total. The van der Waals surface area contributed by atoms with Gasteiger partial charge in [0.05, 0.1) is 0 Å². The van der Waals surface area contributed by atoms with Gasteiger partial charge in [-0.2, -0.15) is 0 Å². The van der Waals surface area contributed by atoms with Crippen LogP contribution in [-0.4, -0.2) is 28.1 Å². The van der Waals surface area contributed by atoms with E-state index in [9.17, 15) is 20.2 Å². The van der Waals surface area contributed by atoms with Gasteiger partial charge in [0, 0.05) is 0 Å². The third-order valence-electron chi connectivity index (χ3n) is 6.33. The Morgan fingerprint density at radius 3 is 0.974 bits per heavy atom. The molecule has 0 fully saturated rings. The van der Waals surface area contributed by atoms with Crippen molar-refractivity contribution < 1.29 is 15.9 Å². The average molecular weight is 629 g/mol. The van der Waals surface area contributed by atoms with Crippen LogP contribution in [-0.2, 0) is 0 Å². The van der Waals surface area contributed by atoms with Crippen LogP contribution >= 0.6 is 0 Å². The van der Waals surface area contributed by atoms with E-state index in [0.717, 1.165) is 10.5 Å². The molecule has 0 N–H and O–H groups in total. The fourth-order valence-corrected chi connectivity index (χ4v) is 18.1. The summed E-state index contributed by atoms with van der Waals surface area (Å²) in [5.41, 5.74) is -0.127. The molecule has 0 unspecified atom stereocenters. The van der Waals surface area contributed by atoms with Gasteiger partial charge in [-0.25, -0.2) is 0 Å². The molecule has 0 heterocycles. The summed E-state index contributed by atoms with van der Waals surface area (Å²) >= 11 is -5.61. The summed E-state index contributed by atoms with van der Waals surface area (Å²) in [6.45, 7) is 0. The Kier molecular flexibility index (Phi) is 7.05. The fourth-order valence-electron chi connectivity index (χ4n) is 4.54. The van der Waals surface area contributed by atoms with Crippen LogP contribution in [0.25, 0.3) is 0 Å². The van der Waals surface area contributed by atoms with Gasteiger partial charge < -0.3 is 0 Å². The zero-order chi connectivity index (χ0) is 27.3. The van der Waals surface area contributed by atoms with E-state index in [4.69, 9.17) is 6.03 Å². The second kappa shape index (κ2) is 10.6. The second-order valence-electron chi connectivity index (χ2n) is 8.65. The van der Waals surface area contributed by atoms with Gasteiger partial charge in [-0.1, -0.05) is 0 Å². The number of hydrogen-bond donors (Lipinski definition) is 0. The first-order valence-electron chi connectivity index (χ1n) is 12.0. The third kappa shape index (κ3) is 4.71. The van der Waals surface area contributed by atoms with Crippen LogP contribution in [0.2, 0.25) is 0 Å². The van der Waals surface area contributed by atoms with E-state index in [1.54, 1.807) is 24.3 Å². The molecule has 0 amide bonds. The molecule has 0 aromatic heterocycles. The first-order valence-corrected chi connectivity index (χ1v) is 17.9. The quantitative estimate of drug-likeness (QED) is 0.128. The maximum absolute atomic E-state index is 11.3. The molecule has 0 bridgehead atoms. The number of benzene rings is 5. The monoisotopic (exact) mass is 628 g/mol. The van der Waals surface area contributed by atoms with Gasteiger partial charge in [0.25, 0.3) is 0 Å². The number of rotatable bonds is 9. The van der Waals surface area contributed by atoms with Gasteiger partial charge in [0.2, 0.25) is 0 Å². The Morgan fingerprint density at radius 1 is 0.436 bits per heavy atom. The molecule has 194 valence electrons. The molecule has 9 heteroatoms. The molecule has 0 saturated heterocycles. The molecule has 0 aliphatic rings. The van der Waals surface area contributed by atoms with E-state index >= 15 is 0 Å². The van der Waals surface area contributed by atoms with Gasteiger partial charge in [0.15, 0.2) is 0 Å². The molecule has 39 heavy (non-hydrogen) atoms. The number of non-ortho nitro benzene ring substituents is 2. The van der Waals surface area contributed by atoms with E-state index in [-0.39, 0.29) is 11.4 Å². The summed E-state index contributed by atoms with van der Waals surface area (Å²) in [5.74, 6) is 0.779. The van der Waals surface area contributed by atoms with Crippen molar-refractivity contribution in [1.29, 1.82) is 0 Å². The summed E-state index contributed by atoms with van der Waals surface area (Å²) in [5, 5.41) is 22.7. The van der Waals surface area contributed by atoms with Crippen LogP contribution < -0.4 is 16.6 Å². The van der Waals surface area contributed by atoms with Gasteiger partial charge in [-0.15, -0.1) is 0 Å². The van der Waals surface area contributed by atoms with Crippen molar-refractivity contribution in [3.63, 3.8) is 0 Å². The Balaban J connectivity index is 1.87. The molecule has 5 rings (SSSR count). The molecule has 5 aromatic carbocycles. The van der Waals surface area contributed by atoms with Gasteiger partial charge in [-0.3, -0.25) is 0 Å². The minimum absolute atomic E-state index is 0.0633. The van der Waals surface area contributed by atoms with Crippen molar-refractivity contribution in [3.8, 4) is 11.5 Å².